The molecule has 0 aromatic carbocycles. The number of hydrogen-bond donors (Lipinski definition) is 2. The molecule has 2 rings (SSSR count). The van der Waals surface area contributed by atoms with Gasteiger partial charge in [0.05, 0.1) is 11.7 Å². The monoisotopic (exact) mass is 322 g/mol. The van der Waals surface area contributed by atoms with Crippen LogP contribution in [0.3, 0.4) is 0 Å². The number of likely N-dealkylation sites (N-methyl/N-ethyl adjacent to an activating group) is 1. The highest BCUT2D eigenvalue weighted by molar-refractivity contribution is 5.93. The summed E-state index contributed by atoms with van der Waals surface area (Å²) in [5, 5.41) is 14.6. The molecule has 0 atom stereocenters. The minimum atomic E-state index is -0.119. The molecule has 23 heavy (non-hydrogen) atoms. The Morgan fingerprint density at radius 1 is 1.39 bits per heavy atom. The van der Waals surface area contributed by atoms with Crippen molar-refractivity contribution in [1.82, 2.24) is 30.5 Å². The summed E-state index contributed by atoms with van der Waals surface area (Å²) in [6, 6.07) is 0.352. The van der Waals surface area contributed by atoms with Crippen LogP contribution < -0.4 is 10.6 Å². The average molecular weight is 322 g/mol. The van der Waals surface area contributed by atoms with E-state index >= 15 is 0 Å². The van der Waals surface area contributed by atoms with E-state index in [2.05, 4.69) is 39.8 Å². The molecule has 7 nitrogen and oxygen atoms in total. The van der Waals surface area contributed by atoms with Crippen molar-refractivity contribution < 1.29 is 4.79 Å². The van der Waals surface area contributed by atoms with E-state index in [1.54, 1.807) is 0 Å². The third-order valence-corrected chi connectivity index (χ3v) is 4.47. The summed E-state index contributed by atoms with van der Waals surface area (Å²) >= 11 is 0. The van der Waals surface area contributed by atoms with Crippen LogP contribution in [0.5, 0.6) is 0 Å². The predicted octanol–water partition coefficient (Wildman–Crippen LogP) is 0.973. The molecule has 1 aromatic heterocycles. The van der Waals surface area contributed by atoms with Gasteiger partial charge in [-0.25, -0.2) is 4.68 Å². The van der Waals surface area contributed by atoms with Crippen LogP contribution in [0, 0.1) is 6.92 Å². The Bertz CT molecular complexity index is 495. The van der Waals surface area contributed by atoms with E-state index in [9.17, 15) is 4.79 Å². The molecule has 130 valence electrons. The molecule has 1 saturated heterocycles. The van der Waals surface area contributed by atoms with Crippen molar-refractivity contribution >= 4 is 5.91 Å². The second kappa shape index (κ2) is 8.98. The zero-order valence-corrected chi connectivity index (χ0v) is 14.6. The number of amides is 1. The molecular weight excluding hydrogens is 292 g/mol. The number of piperidine rings is 1. The number of hydrogen-bond acceptors (Lipinski definition) is 5. The van der Waals surface area contributed by atoms with Crippen molar-refractivity contribution in [2.24, 2.45) is 0 Å². The molecule has 1 fully saturated rings. The van der Waals surface area contributed by atoms with Crippen molar-refractivity contribution in [3.63, 3.8) is 0 Å². The highest BCUT2D eigenvalue weighted by atomic mass is 16.2. The molecule has 0 radical (unpaired) electrons. The van der Waals surface area contributed by atoms with E-state index in [1.165, 1.54) is 12.8 Å². The van der Waals surface area contributed by atoms with E-state index in [0.717, 1.165) is 44.7 Å². The third kappa shape index (κ3) is 5.00. The maximum atomic E-state index is 12.3. The Hall–Kier alpha value is -1.47. The van der Waals surface area contributed by atoms with Gasteiger partial charge < -0.3 is 15.5 Å². The van der Waals surface area contributed by atoms with Gasteiger partial charge in [0.15, 0.2) is 5.69 Å². The smallest absolute Gasteiger partial charge is 0.273 e. The topological polar surface area (TPSA) is 75.1 Å². The lowest BCUT2D eigenvalue weighted by Gasteiger charge is -2.23. The highest BCUT2D eigenvalue weighted by Gasteiger charge is 2.22. The first kappa shape index (κ1) is 17.9. The van der Waals surface area contributed by atoms with Gasteiger partial charge >= 0.3 is 0 Å². The summed E-state index contributed by atoms with van der Waals surface area (Å²) in [6.45, 7) is 8.67. The first-order valence-corrected chi connectivity index (χ1v) is 8.72. The molecule has 0 aliphatic carbocycles. The summed E-state index contributed by atoms with van der Waals surface area (Å²) in [5.74, 6) is -0.119. The standard InChI is InChI=1S/C16H30N6O/c1-4-5-11-21(3)12-10-18-16(23)15-13(2)22(20-19-15)14-6-8-17-9-7-14/h14,17H,4-12H2,1-3H3,(H,18,23). The molecule has 1 aromatic rings. The second-order valence-electron chi connectivity index (χ2n) is 6.36. The molecular formula is C16H30N6O. The minimum Gasteiger partial charge on any atom is -0.349 e. The SMILES string of the molecule is CCCCN(C)CCNC(=O)c1nnn(C2CCNCC2)c1C. The second-order valence-corrected chi connectivity index (χ2v) is 6.36. The van der Waals surface area contributed by atoms with E-state index in [-0.39, 0.29) is 5.91 Å². The van der Waals surface area contributed by atoms with E-state index in [4.69, 9.17) is 0 Å². The fraction of sp³-hybridized carbons (Fsp3) is 0.812. The van der Waals surface area contributed by atoms with Crippen LogP contribution in [0.2, 0.25) is 0 Å². The quantitative estimate of drug-likeness (QED) is 0.746. The minimum absolute atomic E-state index is 0.119. The maximum absolute atomic E-state index is 12.3. The molecule has 1 aliphatic heterocycles. The normalized spacial score (nSPS) is 16.0. The molecule has 0 spiro atoms. The third-order valence-electron chi connectivity index (χ3n) is 4.47. The average Bonchev–Trinajstić information content (AvgIpc) is 2.95. The van der Waals surface area contributed by atoms with Gasteiger partial charge in [-0.1, -0.05) is 18.6 Å². The van der Waals surface area contributed by atoms with Gasteiger partial charge in [-0.2, -0.15) is 0 Å². The summed E-state index contributed by atoms with van der Waals surface area (Å²) in [4.78, 5) is 14.5. The number of rotatable bonds is 8. The number of unbranched alkanes of at least 4 members (excludes halogenated alkanes) is 1. The van der Waals surface area contributed by atoms with Crippen molar-refractivity contribution in [2.75, 3.05) is 39.8 Å². The van der Waals surface area contributed by atoms with Crippen molar-refractivity contribution in [3.05, 3.63) is 11.4 Å². The lowest BCUT2D eigenvalue weighted by atomic mass is 10.1. The molecule has 2 heterocycles. The summed E-state index contributed by atoms with van der Waals surface area (Å²) < 4.78 is 1.92. The van der Waals surface area contributed by atoms with Gasteiger partial charge in [-0.3, -0.25) is 4.79 Å². The van der Waals surface area contributed by atoms with Crippen LogP contribution in [0.4, 0.5) is 0 Å². The van der Waals surface area contributed by atoms with Crippen molar-refractivity contribution in [1.29, 1.82) is 0 Å². The summed E-state index contributed by atoms with van der Waals surface area (Å²) in [7, 11) is 2.08. The predicted molar refractivity (Wildman–Crippen MR) is 90.6 cm³/mol. The van der Waals surface area contributed by atoms with E-state index in [0.29, 0.717) is 18.3 Å². The van der Waals surface area contributed by atoms with E-state index < -0.39 is 0 Å². The molecule has 2 N–H and O–H groups in total. The molecule has 1 amide bonds. The number of carbonyl (C=O) groups is 1. The van der Waals surface area contributed by atoms with Crippen LogP contribution in [0.1, 0.15) is 54.8 Å². The fourth-order valence-electron chi connectivity index (χ4n) is 2.93. The van der Waals surface area contributed by atoms with Crippen LogP contribution in [-0.2, 0) is 0 Å². The van der Waals surface area contributed by atoms with Crippen molar-refractivity contribution in [2.45, 2.75) is 45.6 Å². The Labute approximate surface area is 138 Å². The highest BCUT2D eigenvalue weighted by Crippen LogP contribution is 2.20. The van der Waals surface area contributed by atoms with Crippen LogP contribution in [0.25, 0.3) is 0 Å². The lowest BCUT2D eigenvalue weighted by Crippen LogP contribution is -2.34. The maximum Gasteiger partial charge on any atom is 0.273 e. The Morgan fingerprint density at radius 2 is 2.13 bits per heavy atom. The van der Waals surface area contributed by atoms with Gasteiger partial charge in [0, 0.05) is 13.1 Å². The zero-order chi connectivity index (χ0) is 16.7. The van der Waals surface area contributed by atoms with Crippen LogP contribution >= 0.6 is 0 Å². The van der Waals surface area contributed by atoms with Crippen LogP contribution in [0.15, 0.2) is 0 Å². The molecule has 0 saturated carbocycles. The first-order valence-electron chi connectivity index (χ1n) is 8.72. The summed E-state index contributed by atoms with van der Waals surface area (Å²) in [5.41, 5.74) is 1.33. The number of nitrogens with one attached hydrogen (secondary N) is 2. The van der Waals surface area contributed by atoms with Crippen molar-refractivity contribution in [3.8, 4) is 0 Å². The Kier molecular flexibility index (Phi) is 6.98. The number of nitrogens with zero attached hydrogens (tertiary/aromatic N) is 4. The lowest BCUT2D eigenvalue weighted by molar-refractivity contribution is 0.0944. The molecule has 0 unspecified atom stereocenters. The van der Waals surface area contributed by atoms with Gasteiger partial charge in [0.2, 0.25) is 0 Å². The fourth-order valence-corrected chi connectivity index (χ4v) is 2.93. The molecule has 7 heteroatoms. The molecule has 0 bridgehead atoms. The van der Waals surface area contributed by atoms with E-state index in [1.807, 2.05) is 11.6 Å². The van der Waals surface area contributed by atoms with Gasteiger partial charge in [0.1, 0.15) is 0 Å². The largest absolute Gasteiger partial charge is 0.349 e. The van der Waals surface area contributed by atoms with Gasteiger partial charge in [0.25, 0.3) is 5.91 Å². The number of carbonyl (C=O) groups excluding carboxylic acids is 1. The number of aromatic nitrogens is 3. The zero-order valence-electron chi connectivity index (χ0n) is 14.6. The molecule has 1 aliphatic rings. The first-order chi connectivity index (χ1) is 11.1. The van der Waals surface area contributed by atoms with Crippen LogP contribution in [-0.4, -0.2) is 65.6 Å². The van der Waals surface area contributed by atoms with Gasteiger partial charge in [-0.05, 0) is 52.9 Å². The van der Waals surface area contributed by atoms with Gasteiger partial charge in [-0.15, -0.1) is 5.10 Å². The Balaban J connectivity index is 1.84. The Morgan fingerprint density at radius 3 is 2.83 bits per heavy atom. The summed E-state index contributed by atoms with van der Waals surface area (Å²) in [6.07, 6.45) is 4.45.